The Hall–Kier alpha value is -2.63. The van der Waals surface area contributed by atoms with Crippen molar-refractivity contribution in [3.05, 3.63) is 81.3 Å². The molecule has 0 bridgehead atoms. The van der Waals surface area contributed by atoms with Crippen LogP contribution in [0.4, 0.5) is 0 Å². The van der Waals surface area contributed by atoms with Crippen LogP contribution in [0.2, 0.25) is 0 Å². The minimum atomic E-state index is 0.155. The van der Waals surface area contributed by atoms with E-state index in [1.54, 1.807) is 18.4 Å². The van der Waals surface area contributed by atoms with Crippen LogP contribution in [0.25, 0.3) is 6.08 Å². The first-order valence-electron chi connectivity index (χ1n) is 9.44. The van der Waals surface area contributed by atoms with Crippen LogP contribution >= 0.6 is 11.3 Å². The van der Waals surface area contributed by atoms with Crippen LogP contribution < -0.4 is 14.8 Å². The summed E-state index contributed by atoms with van der Waals surface area (Å²) in [4.78, 5) is 5.52. The van der Waals surface area contributed by atoms with E-state index in [1.807, 2.05) is 30.6 Å². The highest BCUT2D eigenvalue weighted by atomic mass is 32.1. The molecule has 0 radical (unpaired) electrons. The van der Waals surface area contributed by atoms with Gasteiger partial charge in [0.2, 0.25) is 0 Å². The van der Waals surface area contributed by atoms with E-state index in [0.29, 0.717) is 6.61 Å². The Morgan fingerprint density at radius 2 is 2.07 bits per heavy atom. The molecule has 5 heteroatoms. The zero-order valence-corrected chi connectivity index (χ0v) is 17.0. The summed E-state index contributed by atoms with van der Waals surface area (Å²) in [5.41, 5.74) is 6.65. The Kier molecular flexibility index (Phi) is 5.74. The molecular weight excluding hydrogens is 368 g/mol. The minimum Gasteiger partial charge on any atom is -0.493 e. The highest BCUT2D eigenvalue weighted by molar-refractivity contribution is 7.10. The number of methoxy groups -OCH3 is 1. The largest absolute Gasteiger partial charge is 0.493 e. The molecule has 0 amide bonds. The number of hydrogen-bond acceptors (Lipinski definition) is 5. The average Bonchev–Trinajstić information content (AvgIpc) is 3.15. The number of hydrogen-bond donors (Lipinski definition) is 1. The summed E-state index contributed by atoms with van der Waals surface area (Å²) in [6.45, 7) is 3.51. The Morgan fingerprint density at radius 1 is 1.21 bits per heavy atom. The van der Waals surface area contributed by atoms with Gasteiger partial charge in [0.05, 0.1) is 24.4 Å². The fourth-order valence-electron chi connectivity index (χ4n) is 3.43. The standard InChI is InChI=1S/C23H24N2O2S/c1-16-23(28-15-25-16)9-8-20-19-13-21(26-2)22(12-18(19)10-11-24-20)27-14-17-6-4-3-5-7-17/h3-9,12-13,15,20,24H,10-11,14H2,1-2H3/b9-8+. The first-order valence-corrected chi connectivity index (χ1v) is 10.3. The molecule has 1 atom stereocenters. The molecule has 4 nitrogen and oxygen atoms in total. The molecule has 0 spiro atoms. The molecule has 0 saturated carbocycles. The van der Waals surface area contributed by atoms with Gasteiger partial charge in [0.1, 0.15) is 6.61 Å². The summed E-state index contributed by atoms with van der Waals surface area (Å²) < 4.78 is 11.7. The van der Waals surface area contributed by atoms with E-state index in [2.05, 4.69) is 46.7 Å². The van der Waals surface area contributed by atoms with Crippen LogP contribution in [0.1, 0.15) is 33.3 Å². The molecule has 0 saturated heterocycles. The summed E-state index contributed by atoms with van der Waals surface area (Å²) in [7, 11) is 1.69. The van der Waals surface area contributed by atoms with Crippen molar-refractivity contribution < 1.29 is 9.47 Å². The molecule has 0 fully saturated rings. The van der Waals surface area contributed by atoms with Gasteiger partial charge in [-0.15, -0.1) is 11.3 Å². The predicted octanol–water partition coefficient (Wildman–Crippen LogP) is 4.94. The number of nitrogens with zero attached hydrogens (tertiary/aromatic N) is 1. The SMILES string of the molecule is COc1cc2c(cc1OCc1ccccc1)CCNC2/C=C/c1scnc1C. The van der Waals surface area contributed by atoms with Crippen molar-refractivity contribution >= 4 is 17.4 Å². The van der Waals surface area contributed by atoms with Crippen molar-refractivity contribution in [2.45, 2.75) is 26.0 Å². The molecule has 1 unspecified atom stereocenters. The number of thiazole rings is 1. The average molecular weight is 393 g/mol. The maximum absolute atomic E-state index is 6.08. The third kappa shape index (κ3) is 4.11. The third-order valence-corrected chi connectivity index (χ3v) is 5.88. The number of nitrogens with one attached hydrogen (secondary N) is 1. The van der Waals surface area contributed by atoms with Crippen LogP contribution in [-0.4, -0.2) is 18.6 Å². The zero-order chi connectivity index (χ0) is 19.3. The van der Waals surface area contributed by atoms with E-state index in [9.17, 15) is 0 Å². The molecule has 4 rings (SSSR count). The van der Waals surface area contributed by atoms with Crippen molar-refractivity contribution in [1.82, 2.24) is 10.3 Å². The zero-order valence-electron chi connectivity index (χ0n) is 16.1. The fourth-order valence-corrected chi connectivity index (χ4v) is 4.13. The van der Waals surface area contributed by atoms with Gasteiger partial charge in [-0.1, -0.05) is 36.4 Å². The highest BCUT2D eigenvalue weighted by Gasteiger charge is 2.21. The molecule has 144 valence electrons. The van der Waals surface area contributed by atoms with Gasteiger partial charge in [-0.3, -0.25) is 0 Å². The topological polar surface area (TPSA) is 43.4 Å². The van der Waals surface area contributed by atoms with Crippen LogP contribution in [-0.2, 0) is 13.0 Å². The quantitative estimate of drug-likeness (QED) is 0.645. The van der Waals surface area contributed by atoms with E-state index in [0.717, 1.165) is 35.7 Å². The summed E-state index contributed by atoms with van der Waals surface area (Å²) in [5.74, 6) is 1.57. The van der Waals surface area contributed by atoms with Gasteiger partial charge in [-0.2, -0.15) is 0 Å². The highest BCUT2D eigenvalue weighted by Crippen LogP contribution is 2.36. The normalized spacial score (nSPS) is 16.1. The van der Waals surface area contributed by atoms with E-state index in [-0.39, 0.29) is 6.04 Å². The number of rotatable bonds is 6. The first-order chi connectivity index (χ1) is 13.7. The minimum absolute atomic E-state index is 0.155. The molecule has 3 aromatic rings. The lowest BCUT2D eigenvalue weighted by Crippen LogP contribution is -2.28. The predicted molar refractivity (Wildman–Crippen MR) is 114 cm³/mol. The summed E-state index contributed by atoms with van der Waals surface area (Å²) >= 11 is 1.66. The fraction of sp³-hybridized carbons (Fsp3) is 0.261. The molecule has 2 aromatic carbocycles. The Labute approximate surface area is 169 Å². The van der Waals surface area contributed by atoms with Gasteiger partial charge in [-0.05, 0) is 48.2 Å². The van der Waals surface area contributed by atoms with Gasteiger partial charge >= 0.3 is 0 Å². The number of aryl methyl sites for hydroxylation is 1. The number of aromatic nitrogens is 1. The van der Waals surface area contributed by atoms with Crippen LogP contribution in [0.3, 0.4) is 0 Å². The lowest BCUT2D eigenvalue weighted by atomic mass is 9.93. The van der Waals surface area contributed by atoms with E-state index >= 15 is 0 Å². The molecule has 1 N–H and O–H groups in total. The summed E-state index contributed by atoms with van der Waals surface area (Å²) in [5, 5.41) is 3.59. The Bertz CT molecular complexity index is 966. The van der Waals surface area contributed by atoms with Gasteiger partial charge in [-0.25, -0.2) is 4.98 Å². The van der Waals surface area contributed by atoms with E-state index in [4.69, 9.17) is 9.47 Å². The smallest absolute Gasteiger partial charge is 0.161 e. The second-order valence-corrected chi connectivity index (χ2v) is 7.71. The molecule has 1 aliphatic heterocycles. The van der Waals surface area contributed by atoms with Gasteiger partial charge < -0.3 is 14.8 Å². The number of ether oxygens (including phenoxy) is 2. The number of fused-ring (bicyclic) bond motifs is 1. The maximum Gasteiger partial charge on any atom is 0.161 e. The molecule has 2 heterocycles. The van der Waals surface area contributed by atoms with Crippen molar-refractivity contribution in [3.63, 3.8) is 0 Å². The molecule has 28 heavy (non-hydrogen) atoms. The molecule has 1 aliphatic rings. The van der Waals surface area contributed by atoms with Crippen molar-refractivity contribution in [2.24, 2.45) is 0 Å². The third-order valence-electron chi connectivity index (χ3n) is 4.98. The lowest BCUT2D eigenvalue weighted by molar-refractivity contribution is 0.283. The van der Waals surface area contributed by atoms with Crippen LogP contribution in [0.5, 0.6) is 11.5 Å². The number of benzene rings is 2. The monoisotopic (exact) mass is 392 g/mol. The summed E-state index contributed by atoms with van der Waals surface area (Å²) in [6.07, 6.45) is 5.35. The second-order valence-electron chi connectivity index (χ2n) is 6.82. The van der Waals surface area contributed by atoms with Gasteiger partial charge in [0.15, 0.2) is 11.5 Å². The maximum atomic E-state index is 6.08. The van der Waals surface area contributed by atoms with Crippen LogP contribution in [0, 0.1) is 6.92 Å². The Morgan fingerprint density at radius 3 is 2.82 bits per heavy atom. The lowest BCUT2D eigenvalue weighted by Gasteiger charge is -2.26. The van der Waals surface area contributed by atoms with Crippen LogP contribution in [0.15, 0.2) is 54.1 Å². The first kappa shape index (κ1) is 18.7. The Balaban J connectivity index is 1.57. The second kappa shape index (κ2) is 8.59. The molecule has 0 aliphatic carbocycles. The van der Waals surface area contributed by atoms with Crippen molar-refractivity contribution in [1.29, 1.82) is 0 Å². The molecule has 1 aromatic heterocycles. The van der Waals surface area contributed by atoms with Crippen molar-refractivity contribution in [3.8, 4) is 11.5 Å². The molecular formula is C23H24N2O2S. The summed E-state index contributed by atoms with van der Waals surface area (Å²) in [6, 6.07) is 14.6. The van der Waals surface area contributed by atoms with E-state index in [1.165, 1.54) is 16.0 Å². The van der Waals surface area contributed by atoms with Gasteiger partial charge in [0, 0.05) is 11.4 Å². The van der Waals surface area contributed by atoms with Crippen molar-refractivity contribution in [2.75, 3.05) is 13.7 Å². The van der Waals surface area contributed by atoms with Gasteiger partial charge in [0.25, 0.3) is 0 Å². The van der Waals surface area contributed by atoms with E-state index < -0.39 is 0 Å².